The van der Waals surface area contributed by atoms with Gasteiger partial charge in [-0.15, -0.1) is 0 Å². The van der Waals surface area contributed by atoms with Crippen LogP contribution in [0.25, 0.3) is 66.6 Å². The Morgan fingerprint density at radius 2 is 1.06 bits per heavy atom. The van der Waals surface area contributed by atoms with Gasteiger partial charge >= 0.3 is 0 Å². The van der Waals surface area contributed by atoms with Crippen molar-refractivity contribution in [2.24, 2.45) is 0 Å². The van der Waals surface area contributed by atoms with Crippen molar-refractivity contribution < 1.29 is 4.42 Å². The molecule has 5 aromatic carbocycles. The quantitative estimate of drug-likeness (QED) is 0.272. The average molecular weight is 449 g/mol. The van der Waals surface area contributed by atoms with E-state index in [4.69, 9.17) is 14.4 Å². The van der Waals surface area contributed by atoms with Crippen molar-refractivity contribution in [2.45, 2.75) is 0 Å². The third-order valence-electron chi connectivity index (χ3n) is 6.48. The van der Waals surface area contributed by atoms with Crippen molar-refractivity contribution in [3.63, 3.8) is 0 Å². The van der Waals surface area contributed by atoms with Gasteiger partial charge in [-0.2, -0.15) is 0 Å². The van der Waals surface area contributed by atoms with Crippen LogP contribution in [-0.2, 0) is 0 Å². The normalized spacial score (nSPS) is 11.4. The SMILES string of the molecule is c1ccc(-c2nc3cccc(-c4cccc5oc6ccccc6c45)c3nc2-c2ccccc2)cc1. The Hall–Kier alpha value is -4.76. The molecule has 0 saturated carbocycles. The highest BCUT2D eigenvalue weighted by Crippen LogP contribution is 2.40. The summed E-state index contributed by atoms with van der Waals surface area (Å²) in [5, 5.41) is 2.21. The van der Waals surface area contributed by atoms with Gasteiger partial charge in [0.2, 0.25) is 0 Å². The third-order valence-corrected chi connectivity index (χ3v) is 6.48. The molecule has 35 heavy (non-hydrogen) atoms. The molecular formula is C32H20N2O. The zero-order chi connectivity index (χ0) is 23.2. The zero-order valence-corrected chi connectivity index (χ0v) is 18.8. The Bertz CT molecular complexity index is 1840. The minimum Gasteiger partial charge on any atom is -0.456 e. The predicted octanol–water partition coefficient (Wildman–Crippen LogP) is 8.53. The first kappa shape index (κ1) is 19.7. The molecular weight excluding hydrogens is 428 g/mol. The Kier molecular flexibility index (Phi) is 4.46. The van der Waals surface area contributed by atoms with Crippen LogP contribution in [0.5, 0.6) is 0 Å². The summed E-state index contributed by atoms with van der Waals surface area (Å²) in [5.41, 5.74) is 9.50. The second kappa shape index (κ2) is 7.93. The van der Waals surface area contributed by atoms with Crippen molar-refractivity contribution in [3.8, 4) is 33.6 Å². The van der Waals surface area contributed by atoms with Gasteiger partial charge in [0, 0.05) is 27.5 Å². The summed E-state index contributed by atoms with van der Waals surface area (Å²) in [5.74, 6) is 0. The van der Waals surface area contributed by atoms with E-state index in [0.717, 1.165) is 66.6 Å². The fraction of sp³-hybridized carbons (Fsp3) is 0. The van der Waals surface area contributed by atoms with E-state index in [1.54, 1.807) is 0 Å². The molecule has 0 amide bonds. The molecule has 0 aliphatic carbocycles. The van der Waals surface area contributed by atoms with E-state index in [1.165, 1.54) is 0 Å². The van der Waals surface area contributed by atoms with Crippen molar-refractivity contribution in [2.75, 3.05) is 0 Å². The number of nitrogens with zero attached hydrogens (tertiary/aromatic N) is 2. The van der Waals surface area contributed by atoms with Crippen molar-refractivity contribution in [1.29, 1.82) is 0 Å². The lowest BCUT2D eigenvalue weighted by molar-refractivity contribution is 0.669. The molecule has 7 aromatic rings. The van der Waals surface area contributed by atoms with E-state index >= 15 is 0 Å². The molecule has 0 N–H and O–H groups in total. The summed E-state index contributed by atoms with van der Waals surface area (Å²) in [7, 11) is 0. The Labute approximate surface area is 202 Å². The van der Waals surface area contributed by atoms with Crippen LogP contribution >= 0.6 is 0 Å². The lowest BCUT2D eigenvalue weighted by Gasteiger charge is -2.13. The lowest BCUT2D eigenvalue weighted by atomic mass is 9.97. The van der Waals surface area contributed by atoms with Crippen LogP contribution in [0.3, 0.4) is 0 Å². The van der Waals surface area contributed by atoms with Crippen LogP contribution < -0.4 is 0 Å². The van der Waals surface area contributed by atoms with Crippen LogP contribution in [-0.4, -0.2) is 9.97 Å². The van der Waals surface area contributed by atoms with Crippen molar-refractivity contribution in [1.82, 2.24) is 9.97 Å². The van der Waals surface area contributed by atoms with Crippen LogP contribution in [0.2, 0.25) is 0 Å². The van der Waals surface area contributed by atoms with Crippen molar-refractivity contribution in [3.05, 3.63) is 121 Å². The number of rotatable bonds is 3. The second-order valence-corrected chi connectivity index (χ2v) is 8.60. The van der Waals surface area contributed by atoms with Crippen LogP contribution in [0.4, 0.5) is 0 Å². The summed E-state index contributed by atoms with van der Waals surface area (Å²) in [6, 6.07) is 41.2. The summed E-state index contributed by atoms with van der Waals surface area (Å²) in [6.07, 6.45) is 0. The maximum absolute atomic E-state index is 6.16. The molecule has 2 heterocycles. The average Bonchev–Trinajstić information content (AvgIpc) is 3.32. The van der Waals surface area contributed by atoms with E-state index in [9.17, 15) is 0 Å². The number of para-hydroxylation sites is 2. The van der Waals surface area contributed by atoms with Gasteiger partial charge in [0.25, 0.3) is 0 Å². The first-order chi connectivity index (χ1) is 17.4. The summed E-state index contributed by atoms with van der Waals surface area (Å²) >= 11 is 0. The van der Waals surface area contributed by atoms with E-state index < -0.39 is 0 Å². The fourth-order valence-electron chi connectivity index (χ4n) is 4.89. The first-order valence-corrected chi connectivity index (χ1v) is 11.7. The molecule has 3 heteroatoms. The highest BCUT2D eigenvalue weighted by Gasteiger charge is 2.18. The maximum atomic E-state index is 6.16. The molecule has 0 aliphatic heterocycles. The monoisotopic (exact) mass is 448 g/mol. The molecule has 0 fully saturated rings. The predicted molar refractivity (Wildman–Crippen MR) is 143 cm³/mol. The topological polar surface area (TPSA) is 38.9 Å². The Morgan fingerprint density at radius 3 is 1.83 bits per heavy atom. The second-order valence-electron chi connectivity index (χ2n) is 8.60. The van der Waals surface area contributed by atoms with E-state index in [2.05, 4.69) is 54.6 Å². The molecule has 0 unspecified atom stereocenters. The molecule has 0 atom stereocenters. The third kappa shape index (κ3) is 3.21. The minimum atomic E-state index is 0.867. The van der Waals surface area contributed by atoms with Gasteiger partial charge in [0.15, 0.2) is 0 Å². The van der Waals surface area contributed by atoms with Gasteiger partial charge in [-0.05, 0) is 23.8 Å². The molecule has 7 rings (SSSR count). The molecule has 164 valence electrons. The number of hydrogen-bond donors (Lipinski definition) is 0. The van der Waals surface area contributed by atoms with Crippen LogP contribution in [0, 0.1) is 0 Å². The smallest absolute Gasteiger partial charge is 0.136 e. The summed E-state index contributed by atoms with van der Waals surface area (Å²) in [6.45, 7) is 0. The van der Waals surface area contributed by atoms with Gasteiger partial charge in [0.1, 0.15) is 11.2 Å². The van der Waals surface area contributed by atoms with Crippen LogP contribution in [0.1, 0.15) is 0 Å². The van der Waals surface area contributed by atoms with E-state index in [-0.39, 0.29) is 0 Å². The molecule has 0 spiro atoms. The van der Waals surface area contributed by atoms with E-state index in [1.807, 2.05) is 66.7 Å². The van der Waals surface area contributed by atoms with E-state index in [0.29, 0.717) is 0 Å². The number of furan rings is 1. The number of benzene rings is 5. The number of fused-ring (bicyclic) bond motifs is 4. The molecule has 0 bridgehead atoms. The van der Waals surface area contributed by atoms with Gasteiger partial charge in [-0.1, -0.05) is 103 Å². The molecule has 0 radical (unpaired) electrons. The molecule has 2 aromatic heterocycles. The van der Waals surface area contributed by atoms with Crippen molar-refractivity contribution >= 4 is 33.0 Å². The number of aromatic nitrogens is 2. The molecule has 0 aliphatic rings. The highest BCUT2D eigenvalue weighted by molar-refractivity contribution is 6.14. The Balaban J connectivity index is 1.57. The standard InChI is InChI=1S/C32H20N2O/c1-3-11-21(12-4-1)30-31(22-13-5-2-6-14-22)34-32-24(17-9-18-26(32)33-30)23-16-10-20-28-29(23)25-15-7-8-19-27(25)35-28/h1-20H. The van der Waals surface area contributed by atoms with Gasteiger partial charge in [-0.3, -0.25) is 0 Å². The van der Waals surface area contributed by atoms with Gasteiger partial charge < -0.3 is 4.42 Å². The lowest BCUT2D eigenvalue weighted by Crippen LogP contribution is -1.97. The van der Waals surface area contributed by atoms with Crippen LogP contribution in [0.15, 0.2) is 126 Å². The summed E-state index contributed by atoms with van der Waals surface area (Å²) < 4.78 is 6.16. The van der Waals surface area contributed by atoms with Gasteiger partial charge in [0.05, 0.1) is 22.4 Å². The zero-order valence-electron chi connectivity index (χ0n) is 18.8. The first-order valence-electron chi connectivity index (χ1n) is 11.7. The maximum Gasteiger partial charge on any atom is 0.136 e. The van der Waals surface area contributed by atoms with Gasteiger partial charge in [-0.25, -0.2) is 9.97 Å². The largest absolute Gasteiger partial charge is 0.456 e. The minimum absolute atomic E-state index is 0.867. The number of hydrogen-bond acceptors (Lipinski definition) is 3. The Morgan fingerprint density at radius 1 is 0.457 bits per heavy atom. The summed E-state index contributed by atoms with van der Waals surface area (Å²) in [4.78, 5) is 10.4. The fourth-order valence-corrected chi connectivity index (χ4v) is 4.89. The highest BCUT2D eigenvalue weighted by atomic mass is 16.3. The molecule has 3 nitrogen and oxygen atoms in total. The molecule has 0 saturated heterocycles.